The Bertz CT molecular complexity index is 345. The number of hydrogen-bond donors (Lipinski definition) is 1. The van der Waals surface area contributed by atoms with E-state index in [0.717, 1.165) is 12.3 Å². The van der Waals surface area contributed by atoms with Gasteiger partial charge in [-0.25, -0.2) is 0 Å². The van der Waals surface area contributed by atoms with E-state index in [1.165, 1.54) is 12.8 Å². The largest absolute Gasteiger partial charge is 0.349 e. The van der Waals surface area contributed by atoms with Crippen molar-refractivity contribution in [3.63, 3.8) is 0 Å². The van der Waals surface area contributed by atoms with Gasteiger partial charge in [-0.1, -0.05) is 27.4 Å². The van der Waals surface area contributed by atoms with Crippen LogP contribution in [-0.2, 0) is 4.79 Å². The molecule has 0 aliphatic heterocycles. The maximum absolute atomic E-state index is 11.7. The molecule has 2 saturated carbocycles. The molecule has 0 heterocycles. The van der Waals surface area contributed by atoms with Crippen molar-refractivity contribution in [3.05, 3.63) is 12.2 Å². The van der Waals surface area contributed by atoms with Crippen LogP contribution in [0.5, 0.6) is 0 Å². The van der Waals surface area contributed by atoms with E-state index in [4.69, 9.17) is 0 Å². The molecule has 1 unspecified atom stereocenters. The van der Waals surface area contributed by atoms with Crippen LogP contribution in [0.3, 0.4) is 0 Å². The molecule has 3 atom stereocenters. The molecule has 16 heavy (non-hydrogen) atoms. The lowest BCUT2D eigenvalue weighted by molar-refractivity contribution is -0.119. The highest BCUT2D eigenvalue weighted by Gasteiger charge is 2.61. The Morgan fingerprint density at radius 2 is 2.00 bits per heavy atom. The number of hydrogen-bond acceptors (Lipinski definition) is 1. The zero-order valence-electron chi connectivity index (χ0n) is 10.9. The Hall–Kier alpha value is -0.790. The molecule has 0 aromatic carbocycles. The molecule has 2 nitrogen and oxygen atoms in total. The first kappa shape index (κ1) is 11.7. The summed E-state index contributed by atoms with van der Waals surface area (Å²) in [5, 5.41) is 3.17. The molecule has 1 amide bonds. The summed E-state index contributed by atoms with van der Waals surface area (Å²) >= 11 is 0. The first-order chi connectivity index (χ1) is 7.29. The van der Waals surface area contributed by atoms with E-state index in [-0.39, 0.29) is 11.3 Å². The third kappa shape index (κ3) is 1.35. The smallest absolute Gasteiger partial charge is 0.246 e. The van der Waals surface area contributed by atoms with Gasteiger partial charge in [0.15, 0.2) is 0 Å². The van der Waals surface area contributed by atoms with Gasteiger partial charge >= 0.3 is 0 Å². The van der Waals surface area contributed by atoms with E-state index in [2.05, 4.69) is 32.7 Å². The van der Waals surface area contributed by atoms with Crippen LogP contribution in [0.2, 0.25) is 0 Å². The molecule has 1 N–H and O–H groups in total. The van der Waals surface area contributed by atoms with Crippen molar-refractivity contribution in [2.45, 2.75) is 53.0 Å². The van der Waals surface area contributed by atoms with Crippen LogP contribution < -0.4 is 5.32 Å². The Balaban J connectivity index is 2.16. The Kier molecular flexibility index (Phi) is 2.45. The Morgan fingerprint density at radius 3 is 2.38 bits per heavy atom. The van der Waals surface area contributed by atoms with Gasteiger partial charge in [0, 0.05) is 11.6 Å². The average molecular weight is 221 g/mol. The number of carbonyl (C=O) groups is 1. The number of nitrogens with one attached hydrogen (secondary N) is 1. The van der Waals surface area contributed by atoms with E-state index in [1.807, 2.05) is 0 Å². The van der Waals surface area contributed by atoms with E-state index >= 15 is 0 Å². The highest BCUT2D eigenvalue weighted by Crippen LogP contribution is 2.65. The summed E-state index contributed by atoms with van der Waals surface area (Å²) in [5.41, 5.74) is 1.24. The van der Waals surface area contributed by atoms with Gasteiger partial charge in [0.2, 0.25) is 5.91 Å². The first-order valence-corrected chi connectivity index (χ1v) is 6.25. The molecule has 2 aliphatic rings. The van der Waals surface area contributed by atoms with Crippen molar-refractivity contribution >= 4 is 5.91 Å². The number of rotatable bonds is 2. The molecule has 2 aliphatic carbocycles. The van der Waals surface area contributed by atoms with Crippen molar-refractivity contribution in [1.82, 2.24) is 5.32 Å². The summed E-state index contributed by atoms with van der Waals surface area (Å²) in [4.78, 5) is 11.7. The van der Waals surface area contributed by atoms with Crippen LogP contribution in [-0.4, -0.2) is 11.9 Å². The van der Waals surface area contributed by atoms with Gasteiger partial charge in [-0.3, -0.25) is 4.79 Å². The third-order valence-corrected chi connectivity index (χ3v) is 5.49. The summed E-state index contributed by atoms with van der Waals surface area (Å²) in [6.45, 7) is 12.5. The molecule has 2 rings (SSSR count). The summed E-state index contributed by atoms with van der Waals surface area (Å²) in [6, 6.07) is 0.338. The van der Waals surface area contributed by atoms with Gasteiger partial charge in [0.25, 0.3) is 0 Å². The quantitative estimate of drug-likeness (QED) is 0.714. The zero-order chi connectivity index (χ0) is 12.1. The minimum Gasteiger partial charge on any atom is -0.349 e. The predicted octanol–water partition coefficient (Wildman–Crippen LogP) is 2.89. The minimum absolute atomic E-state index is 0.0228. The third-order valence-electron chi connectivity index (χ3n) is 5.49. The van der Waals surface area contributed by atoms with Gasteiger partial charge in [-0.05, 0) is 42.9 Å². The van der Waals surface area contributed by atoms with E-state index < -0.39 is 0 Å². The fourth-order valence-corrected chi connectivity index (χ4v) is 3.70. The zero-order valence-corrected chi connectivity index (χ0v) is 10.9. The second-order valence-corrected chi connectivity index (χ2v) is 6.42. The topological polar surface area (TPSA) is 29.1 Å². The maximum atomic E-state index is 11.7. The summed E-state index contributed by atoms with van der Waals surface area (Å²) in [5.74, 6) is 0.794. The predicted molar refractivity (Wildman–Crippen MR) is 66.0 cm³/mol. The van der Waals surface area contributed by atoms with Crippen molar-refractivity contribution < 1.29 is 4.79 Å². The molecule has 2 heteroatoms. The van der Waals surface area contributed by atoms with Gasteiger partial charge in [-0.15, -0.1) is 0 Å². The molecule has 0 radical (unpaired) electrons. The van der Waals surface area contributed by atoms with Crippen LogP contribution in [0.15, 0.2) is 12.2 Å². The van der Waals surface area contributed by atoms with Crippen LogP contribution in [0, 0.1) is 16.7 Å². The average Bonchev–Trinajstić information content (AvgIpc) is 2.50. The molecule has 2 bridgehead atoms. The van der Waals surface area contributed by atoms with Gasteiger partial charge < -0.3 is 5.32 Å². The number of fused-ring (bicyclic) bond motifs is 2. The summed E-state index contributed by atoms with van der Waals surface area (Å²) < 4.78 is 0. The van der Waals surface area contributed by atoms with Crippen LogP contribution >= 0.6 is 0 Å². The molecule has 0 spiro atoms. The molecule has 0 saturated heterocycles. The van der Waals surface area contributed by atoms with Crippen molar-refractivity contribution in [3.8, 4) is 0 Å². The van der Waals surface area contributed by atoms with Gasteiger partial charge in [0.05, 0.1) is 0 Å². The lowest BCUT2D eigenvalue weighted by atomic mass is 9.69. The molecular weight excluding hydrogens is 198 g/mol. The minimum atomic E-state index is 0.0228. The van der Waals surface area contributed by atoms with Crippen molar-refractivity contribution in [2.75, 3.05) is 0 Å². The lowest BCUT2D eigenvalue weighted by Crippen LogP contribution is -2.47. The van der Waals surface area contributed by atoms with E-state index in [9.17, 15) is 4.79 Å². The van der Waals surface area contributed by atoms with Crippen LogP contribution in [0.25, 0.3) is 0 Å². The van der Waals surface area contributed by atoms with Crippen LogP contribution in [0.4, 0.5) is 0 Å². The van der Waals surface area contributed by atoms with Gasteiger partial charge in [0.1, 0.15) is 0 Å². The monoisotopic (exact) mass is 221 g/mol. The van der Waals surface area contributed by atoms with Crippen molar-refractivity contribution in [1.29, 1.82) is 0 Å². The second-order valence-electron chi connectivity index (χ2n) is 6.42. The summed E-state index contributed by atoms with van der Waals surface area (Å²) in [6.07, 6.45) is 3.71. The number of carbonyl (C=O) groups excluding carboxylic acids is 1. The standard InChI is InChI=1S/C14H23NO/c1-9(2)12(16)15-11-8-10-6-7-14(11,5)13(10,3)4/h10-11H,1,6-8H2,2-5H3,(H,15,16)/t10-,11?,14-/m1/s1. The van der Waals surface area contributed by atoms with Crippen LogP contribution in [0.1, 0.15) is 47.0 Å². The summed E-state index contributed by atoms with van der Waals surface area (Å²) in [7, 11) is 0. The molecule has 0 aromatic rings. The highest BCUT2D eigenvalue weighted by atomic mass is 16.1. The molecule has 0 aromatic heterocycles. The molecule has 2 fully saturated rings. The van der Waals surface area contributed by atoms with E-state index in [1.54, 1.807) is 6.92 Å². The maximum Gasteiger partial charge on any atom is 0.246 e. The lowest BCUT2D eigenvalue weighted by Gasteiger charge is -2.39. The van der Waals surface area contributed by atoms with E-state index in [0.29, 0.717) is 17.0 Å². The highest BCUT2D eigenvalue weighted by molar-refractivity contribution is 5.92. The number of amides is 1. The first-order valence-electron chi connectivity index (χ1n) is 6.25. The molecule has 90 valence electrons. The normalized spacial score (nSPS) is 39.8. The molecular formula is C14H23NO. The van der Waals surface area contributed by atoms with Crippen molar-refractivity contribution in [2.24, 2.45) is 16.7 Å². The van der Waals surface area contributed by atoms with Gasteiger partial charge in [-0.2, -0.15) is 0 Å². The fraction of sp³-hybridized carbons (Fsp3) is 0.786. The second kappa shape index (κ2) is 3.35. The fourth-order valence-electron chi connectivity index (χ4n) is 3.70. The Labute approximate surface area is 98.5 Å². The Morgan fingerprint density at radius 1 is 1.38 bits per heavy atom. The SMILES string of the molecule is C=C(C)C(=O)NC1C[C@H]2CC[C@@]1(C)C2(C)C.